The molecule has 0 aliphatic carbocycles. The van der Waals surface area contributed by atoms with Crippen molar-refractivity contribution in [1.82, 2.24) is 20.2 Å². The van der Waals surface area contributed by atoms with Crippen LogP contribution in [-0.4, -0.2) is 65.7 Å². The summed E-state index contributed by atoms with van der Waals surface area (Å²) >= 11 is 0. The number of nitrogens with one attached hydrogen (secondary N) is 1. The van der Waals surface area contributed by atoms with Crippen molar-refractivity contribution in [1.29, 1.82) is 0 Å². The molecule has 8 heteroatoms. The third-order valence-electron chi connectivity index (χ3n) is 5.16. The maximum Gasteiger partial charge on any atom is 0.409 e. The van der Waals surface area contributed by atoms with E-state index in [1.54, 1.807) is 24.2 Å². The molecule has 148 valence electrons. The lowest BCUT2D eigenvalue weighted by molar-refractivity contribution is 0.0856. The third kappa shape index (κ3) is 5.30. The minimum Gasteiger partial charge on any atom is -0.450 e. The van der Waals surface area contributed by atoms with Crippen LogP contribution in [0, 0.1) is 0 Å². The van der Waals surface area contributed by atoms with Crippen LogP contribution < -0.4 is 10.2 Å². The van der Waals surface area contributed by atoms with Gasteiger partial charge in [0.15, 0.2) is 0 Å². The van der Waals surface area contributed by atoms with Crippen molar-refractivity contribution in [3.8, 4) is 0 Å². The van der Waals surface area contributed by atoms with Crippen LogP contribution in [0.15, 0.2) is 12.4 Å². The number of anilines is 1. The first-order valence-electron chi connectivity index (χ1n) is 9.97. The van der Waals surface area contributed by atoms with E-state index in [0.29, 0.717) is 38.2 Å². The summed E-state index contributed by atoms with van der Waals surface area (Å²) < 4.78 is 5.01. The highest BCUT2D eigenvalue weighted by Gasteiger charge is 2.25. The predicted octanol–water partition coefficient (Wildman–Crippen LogP) is 2.21. The summed E-state index contributed by atoms with van der Waals surface area (Å²) in [6.45, 7) is 5.34. The second-order valence-corrected chi connectivity index (χ2v) is 7.09. The van der Waals surface area contributed by atoms with Crippen molar-refractivity contribution in [2.75, 3.05) is 37.7 Å². The monoisotopic (exact) mass is 375 g/mol. The van der Waals surface area contributed by atoms with Gasteiger partial charge in [-0.25, -0.2) is 14.8 Å². The van der Waals surface area contributed by atoms with E-state index in [1.807, 2.05) is 0 Å². The molecule has 27 heavy (non-hydrogen) atoms. The third-order valence-corrected chi connectivity index (χ3v) is 5.16. The summed E-state index contributed by atoms with van der Waals surface area (Å²) in [6, 6.07) is 0.0373. The Bertz CT molecular complexity index is 621. The fourth-order valence-electron chi connectivity index (χ4n) is 3.58. The topological polar surface area (TPSA) is 87.7 Å². The number of amides is 2. The van der Waals surface area contributed by atoms with E-state index in [0.717, 1.165) is 18.9 Å². The van der Waals surface area contributed by atoms with Crippen LogP contribution in [0.3, 0.4) is 0 Å². The lowest BCUT2D eigenvalue weighted by atomic mass is 10.1. The zero-order valence-corrected chi connectivity index (χ0v) is 16.0. The molecule has 1 aromatic heterocycles. The van der Waals surface area contributed by atoms with Crippen LogP contribution in [0.1, 0.15) is 55.9 Å². The average Bonchev–Trinajstić information content (AvgIpc) is 2.98. The molecule has 2 aliphatic heterocycles. The number of carbonyl (C=O) groups is 2. The highest BCUT2D eigenvalue weighted by atomic mass is 16.6. The molecule has 0 unspecified atom stereocenters. The van der Waals surface area contributed by atoms with E-state index in [-0.39, 0.29) is 18.0 Å². The van der Waals surface area contributed by atoms with Gasteiger partial charge in [-0.2, -0.15) is 0 Å². The number of aromatic nitrogens is 2. The van der Waals surface area contributed by atoms with Crippen molar-refractivity contribution < 1.29 is 14.3 Å². The maximum atomic E-state index is 12.4. The fraction of sp³-hybridized carbons (Fsp3) is 0.684. The molecule has 2 amide bonds. The number of piperidine rings is 1. The largest absolute Gasteiger partial charge is 0.450 e. The van der Waals surface area contributed by atoms with Gasteiger partial charge in [0.1, 0.15) is 11.5 Å². The number of nitrogens with zero attached hydrogens (tertiary/aromatic N) is 4. The summed E-state index contributed by atoms with van der Waals surface area (Å²) in [5, 5.41) is 3.00. The van der Waals surface area contributed by atoms with Crippen molar-refractivity contribution in [3.05, 3.63) is 18.1 Å². The fourth-order valence-corrected chi connectivity index (χ4v) is 3.58. The van der Waals surface area contributed by atoms with E-state index >= 15 is 0 Å². The summed E-state index contributed by atoms with van der Waals surface area (Å²) in [6.07, 6.45) is 9.28. The van der Waals surface area contributed by atoms with Gasteiger partial charge in [-0.15, -0.1) is 0 Å². The molecule has 2 aliphatic rings. The molecule has 0 bridgehead atoms. The van der Waals surface area contributed by atoms with E-state index in [2.05, 4.69) is 20.2 Å². The van der Waals surface area contributed by atoms with E-state index in [9.17, 15) is 9.59 Å². The van der Waals surface area contributed by atoms with Gasteiger partial charge in [-0.05, 0) is 32.6 Å². The molecule has 2 saturated heterocycles. The molecule has 3 rings (SSSR count). The predicted molar refractivity (Wildman–Crippen MR) is 102 cm³/mol. The first kappa shape index (κ1) is 19.4. The van der Waals surface area contributed by atoms with Crippen LogP contribution in [-0.2, 0) is 4.74 Å². The number of hydrogen-bond donors (Lipinski definition) is 1. The second kappa shape index (κ2) is 9.53. The Kier molecular flexibility index (Phi) is 6.84. The Hall–Kier alpha value is -2.38. The van der Waals surface area contributed by atoms with Crippen molar-refractivity contribution in [2.24, 2.45) is 0 Å². The summed E-state index contributed by atoms with van der Waals surface area (Å²) in [5.41, 5.74) is 0.335. The molecule has 2 fully saturated rings. The molecule has 8 nitrogen and oxygen atoms in total. The lowest BCUT2D eigenvalue weighted by Crippen LogP contribution is -2.46. The van der Waals surface area contributed by atoms with E-state index < -0.39 is 0 Å². The number of carbonyl (C=O) groups excluding carboxylic acids is 2. The summed E-state index contributed by atoms with van der Waals surface area (Å²) in [4.78, 5) is 36.9. The molecule has 1 N–H and O–H groups in total. The zero-order valence-electron chi connectivity index (χ0n) is 16.0. The first-order valence-corrected chi connectivity index (χ1v) is 9.97. The Morgan fingerprint density at radius 1 is 1.07 bits per heavy atom. The minimum absolute atomic E-state index is 0.0373. The van der Waals surface area contributed by atoms with Gasteiger partial charge < -0.3 is 19.9 Å². The van der Waals surface area contributed by atoms with Crippen LogP contribution in [0.5, 0.6) is 0 Å². The molecular weight excluding hydrogens is 346 g/mol. The van der Waals surface area contributed by atoms with Gasteiger partial charge in [0.05, 0.1) is 19.0 Å². The Labute approximate surface area is 160 Å². The number of likely N-dealkylation sites (tertiary alicyclic amines) is 1. The SMILES string of the molecule is CCOC(=O)N1CCC(NC(=O)c2cnc(N3CCCCCC3)cn2)CC1. The molecule has 1 aromatic rings. The highest BCUT2D eigenvalue weighted by molar-refractivity contribution is 5.92. The van der Waals surface area contributed by atoms with Crippen LogP contribution in [0.4, 0.5) is 10.6 Å². The second-order valence-electron chi connectivity index (χ2n) is 7.09. The number of rotatable bonds is 4. The van der Waals surface area contributed by atoms with Crippen molar-refractivity contribution in [2.45, 2.75) is 51.5 Å². The van der Waals surface area contributed by atoms with Crippen LogP contribution >= 0.6 is 0 Å². The Morgan fingerprint density at radius 2 is 1.78 bits per heavy atom. The van der Waals surface area contributed by atoms with Gasteiger partial charge in [-0.3, -0.25) is 4.79 Å². The summed E-state index contributed by atoms with van der Waals surface area (Å²) in [5.74, 6) is 0.635. The smallest absolute Gasteiger partial charge is 0.409 e. The quantitative estimate of drug-likeness (QED) is 0.868. The van der Waals surface area contributed by atoms with Gasteiger partial charge in [0, 0.05) is 32.2 Å². The molecule has 3 heterocycles. The molecular formula is C19H29N5O3. The minimum atomic E-state index is -0.280. The molecule has 0 atom stereocenters. The average molecular weight is 375 g/mol. The zero-order chi connectivity index (χ0) is 19.1. The number of hydrogen-bond acceptors (Lipinski definition) is 6. The van der Waals surface area contributed by atoms with Gasteiger partial charge in [0.25, 0.3) is 5.91 Å². The van der Waals surface area contributed by atoms with Crippen LogP contribution in [0.2, 0.25) is 0 Å². The Morgan fingerprint density at radius 3 is 2.37 bits per heavy atom. The van der Waals surface area contributed by atoms with Crippen LogP contribution in [0.25, 0.3) is 0 Å². The molecule has 0 aromatic carbocycles. The maximum absolute atomic E-state index is 12.4. The first-order chi connectivity index (χ1) is 13.2. The van der Waals surface area contributed by atoms with Crippen molar-refractivity contribution >= 4 is 17.8 Å². The molecule has 0 spiro atoms. The van der Waals surface area contributed by atoms with Gasteiger partial charge in [0.2, 0.25) is 0 Å². The normalized spacial score (nSPS) is 18.7. The van der Waals surface area contributed by atoms with Crippen molar-refractivity contribution in [3.63, 3.8) is 0 Å². The lowest BCUT2D eigenvalue weighted by Gasteiger charge is -2.31. The summed E-state index contributed by atoms with van der Waals surface area (Å²) in [7, 11) is 0. The standard InChI is InChI=1S/C19H29N5O3/c1-2-27-19(26)24-11-7-15(8-12-24)22-18(25)16-13-21-17(14-20-16)23-9-5-3-4-6-10-23/h13-15H,2-12H2,1H3,(H,22,25). The highest BCUT2D eigenvalue weighted by Crippen LogP contribution is 2.17. The molecule has 0 saturated carbocycles. The van der Waals surface area contributed by atoms with Gasteiger partial charge in [-0.1, -0.05) is 12.8 Å². The van der Waals surface area contributed by atoms with E-state index in [4.69, 9.17) is 4.74 Å². The molecule has 0 radical (unpaired) electrons. The Balaban J connectivity index is 1.49. The van der Waals surface area contributed by atoms with Gasteiger partial charge >= 0.3 is 6.09 Å². The number of ether oxygens (including phenoxy) is 1. The van der Waals surface area contributed by atoms with E-state index in [1.165, 1.54) is 25.7 Å².